The molecule has 0 aliphatic carbocycles. The predicted molar refractivity (Wildman–Crippen MR) is 102 cm³/mol. The number of amides is 1. The van der Waals surface area contributed by atoms with Crippen LogP contribution in [0.2, 0.25) is 0 Å². The number of hydrogen-bond acceptors (Lipinski definition) is 3. The van der Waals surface area contributed by atoms with Crippen molar-refractivity contribution in [2.45, 2.75) is 57.9 Å². The number of nitrogens with zero attached hydrogens (tertiary/aromatic N) is 3. The quantitative estimate of drug-likeness (QED) is 0.537. The first-order chi connectivity index (χ1) is 12.2. The fourth-order valence-electron chi connectivity index (χ4n) is 3.89. The molecular weight excluding hydrogens is 316 g/mol. The number of carbonyl (C=O) groups is 1. The number of carbonyl (C=O) groups excluding carboxylic acids is 1. The van der Waals surface area contributed by atoms with Gasteiger partial charge in [0.05, 0.1) is 0 Å². The van der Waals surface area contributed by atoms with E-state index < -0.39 is 0 Å². The van der Waals surface area contributed by atoms with Gasteiger partial charge in [-0.1, -0.05) is 6.92 Å². The van der Waals surface area contributed by atoms with Crippen LogP contribution in [-0.4, -0.2) is 74.7 Å². The Labute approximate surface area is 153 Å². The van der Waals surface area contributed by atoms with Gasteiger partial charge in [0.1, 0.15) is 0 Å². The first kappa shape index (κ1) is 20.0. The Morgan fingerprint density at radius 3 is 2.80 bits per heavy atom. The summed E-state index contributed by atoms with van der Waals surface area (Å²) in [6, 6.07) is 0.355. The van der Waals surface area contributed by atoms with Crippen molar-refractivity contribution in [1.29, 1.82) is 0 Å². The van der Waals surface area contributed by atoms with Gasteiger partial charge in [-0.15, -0.1) is 0 Å². The molecule has 2 heterocycles. The summed E-state index contributed by atoms with van der Waals surface area (Å²) in [7, 11) is 3.95. The van der Waals surface area contributed by atoms with E-state index in [2.05, 4.69) is 34.1 Å². The van der Waals surface area contributed by atoms with Crippen molar-refractivity contribution in [3.05, 3.63) is 0 Å². The SMILES string of the molecule is CCC(CCNC(=NC)N(C)CCC1CCOCC1)N1CCCC1=O. The van der Waals surface area contributed by atoms with Crippen LogP contribution in [0.15, 0.2) is 4.99 Å². The van der Waals surface area contributed by atoms with Crippen LogP contribution >= 0.6 is 0 Å². The highest BCUT2D eigenvalue weighted by molar-refractivity contribution is 5.79. The van der Waals surface area contributed by atoms with Crippen LogP contribution in [0.4, 0.5) is 0 Å². The molecule has 2 aliphatic heterocycles. The molecule has 0 spiro atoms. The van der Waals surface area contributed by atoms with E-state index in [0.29, 0.717) is 11.9 Å². The van der Waals surface area contributed by atoms with Gasteiger partial charge >= 0.3 is 0 Å². The van der Waals surface area contributed by atoms with E-state index in [-0.39, 0.29) is 0 Å². The molecule has 2 saturated heterocycles. The monoisotopic (exact) mass is 352 g/mol. The molecule has 0 saturated carbocycles. The number of guanidine groups is 1. The van der Waals surface area contributed by atoms with E-state index in [1.165, 1.54) is 19.3 Å². The maximum absolute atomic E-state index is 11.9. The number of rotatable bonds is 8. The molecule has 2 aliphatic rings. The van der Waals surface area contributed by atoms with Crippen molar-refractivity contribution in [2.24, 2.45) is 10.9 Å². The Morgan fingerprint density at radius 2 is 2.20 bits per heavy atom. The highest BCUT2D eigenvalue weighted by Gasteiger charge is 2.26. The minimum Gasteiger partial charge on any atom is -0.381 e. The summed E-state index contributed by atoms with van der Waals surface area (Å²) in [5.74, 6) is 2.06. The van der Waals surface area contributed by atoms with Crippen LogP contribution in [0.25, 0.3) is 0 Å². The number of ether oxygens (including phenoxy) is 1. The maximum atomic E-state index is 11.9. The highest BCUT2D eigenvalue weighted by atomic mass is 16.5. The number of likely N-dealkylation sites (tertiary alicyclic amines) is 1. The molecule has 0 aromatic rings. The van der Waals surface area contributed by atoms with Crippen molar-refractivity contribution in [1.82, 2.24) is 15.1 Å². The zero-order valence-corrected chi connectivity index (χ0v) is 16.3. The van der Waals surface area contributed by atoms with Gasteiger partial charge in [-0.05, 0) is 44.4 Å². The largest absolute Gasteiger partial charge is 0.381 e. The van der Waals surface area contributed by atoms with E-state index in [1.54, 1.807) is 0 Å². The zero-order valence-electron chi connectivity index (χ0n) is 16.3. The van der Waals surface area contributed by atoms with Gasteiger partial charge in [0, 0.05) is 59.4 Å². The van der Waals surface area contributed by atoms with Gasteiger partial charge in [0.25, 0.3) is 0 Å². The summed E-state index contributed by atoms with van der Waals surface area (Å²) < 4.78 is 5.43. The molecule has 144 valence electrons. The topological polar surface area (TPSA) is 57.2 Å². The van der Waals surface area contributed by atoms with Gasteiger partial charge in [-0.2, -0.15) is 0 Å². The molecule has 6 nitrogen and oxygen atoms in total. The average Bonchev–Trinajstić information content (AvgIpc) is 3.07. The van der Waals surface area contributed by atoms with Crippen LogP contribution in [0, 0.1) is 5.92 Å². The van der Waals surface area contributed by atoms with Gasteiger partial charge in [-0.3, -0.25) is 9.79 Å². The summed E-state index contributed by atoms with van der Waals surface area (Å²) in [6.45, 7) is 6.80. The van der Waals surface area contributed by atoms with Crippen molar-refractivity contribution >= 4 is 11.9 Å². The number of nitrogens with one attached hydrogen (secondary N) is 1. The van der Waals surface area contributed by atoms with Gasteiger partial charge in [-0.25, -0.2) is 0 Å². The minimum absolute atomic E-state index is 0.324. The van der Waals surface area contributed by atoms with Crippen LogP contribution in [-0.2, 0) is 9.53 Å². The van der Waals surface area contributed by atoms with Gasteiger partial charge in [0.15, 0.2) is 5.96 Å². The summed E-state index contributed by atoms with van der Waals surface area (Å²) in [5, 5.41) is 3.47. The Morgan fingerprint density at radius 1 is 1.44 bits per heavy atom. The molecule has 6 heteroatoms. The molecular formula is C19H36N4O2. The first-order valence-corrected chi connectivity index (χ1v) is 9.94. The Balaban J connectivity index is 1.70. The zero-order chi connectivity index (χ0) is 18.1. The third-order valence-electron chi connectivity index (χ3n) is 5.57. The fourth-order valence-corrected chi connectivity index (χ4v) is 3.89. The van der Waals surface area contributed by atoms with E-state index in [0.717, 1.165) is 70.4 Å². The normalized spacial score (nSPS) is 20.8. The van der Waals surface area contributed by atoms with E-state index in [1.807, 2.05) is 7.05 Å². The first-order valence-electron chi connectivity index (χ1n) is 9.94. The molecule has 2 fully saturated rings. The van der Waals surface area contributed by atoms with Crippen LogP contribution in [0.3, 0.4) is 0 Å². The second-order valence-electron chi connectivity index (χ2n) is 7.28. The smallest absolute Gasteiger partial charge is 0.222 e. The van der Waals surface area contributed by atoms with E-state index >= 15 is 0 Å². The molecule has 0 radical (unpaired) electrons. The molecule has 1 atom stereocenters. The second kappa shape index (κ2) is 10.6. The lowest BCUT2D eigenvalue weighted by molar-refractivity contribution is -0.129. The lowest BCUT2D eigenvalue weighted by atomic mass is 9.96. The number of hydrogen-bond donors (Lipinski definition) is 1. The van der Waals surface area contributed by atoms with Crippen LogP contribution < -0.4 is 5.32 Å². The van der Waals surface area contributed by atoms with Gasteiger partial charge < -0.3 is 19.9 Å². The Bertz CT molecular complexity index is 435. The molecule has 2 rings (SSSR count). The molecule has 1 unspecified atom stereocenters. The lowest BCUT2D eigenvalue weighted by Gasteiger charge is -2.29. The van der Waals surface area contributed by atoms with Gasteiger partial charge in [0.2, 0.25) is 5.91 Å². The molecule has 1 N–H and O–H groups in total. The van der Waals surface area contributed by atoms with Crippen molar-refractivity contribution in [2.75, 3.05) is 46.9 Å². The van der Waals surface area contributed by atoms with Crippen LogP contribution in [0.5, 0.6) is 0 Å². The van der Waals surface area contributed by atoms with E-state index in [9.17, 15) is 4.79 Å². The van der Waals surface area contributed by atoms with Crippen LogP contribution in [0.1, 0.15) is 51.9 Å². The third kappa shape index (κ3) is 6.17. The maximum Gasteiger partial charge on any atom is 0.222 e. The number of aliphatic imine (C=N–C) groups is 1. The summed E-state index contributed by atoms with van der Waals surface area (Å²) in [6.07, 6.45) is 7.30. The molecule has 1 amide bonds. The third-order valence-corrected chi connectivity index (χ3v) is 5.57. The summed E-state index contributed by atoms with van der Waals surface area (Å²) in [4.78, 5) is 20.6. The molecule has 0 aromatic heterocycles. The minimum atomic E-state index is 0.324. The molecule has 0 bridgehead atoms. The average molecular weight is 353 g/mol. The highest BCUT2D eigenvalue weighted by Crippen LogP contribution is 2.19. The lowest BCUT2D eigenvalue weighted by Crippen LogP contribution is -2.43. The Kier molecular flexibility index (Phi) is 8.52. The van der Waals surface area contributed by atoms with E-state index in [4.69, 9.17) is 4.74 Å². The standard InChI is InChI=1S/C19H36N4O2/c1-4-17(23-12-5-6-18(23)24)7-11-21-19(20-2)22(3)13-8-16-9-14-25-15-10-16/h16-17H,4-15H2,1-3H3,(H,20,21). The second-order valence-corrected chi connectivity index (χ2v) is 7.28. The molecule has 0 aromatic carbocycles. The summed E-state index contributed by atoms with van der Waals surface area (Å²) >= 11 is 0. The van der Waals surface area contributed by atoms with Crippen molar-refractivity contribution in [3.63, 3.8) is 0 Å². The molecule has 25 heavy (non-hydrogen) atoms. The Hall–Kier alpha value is -1.30. The van der Waals surface area contributed by atoms with Crippen molar-refractivity contribution < 1.29 is 9.53 Å². The van der Waals surface area contributed by atoms with Crippen molar-refractivity contribution in [3.8, 4) is 0 Å². The fraction of sp³-hybridized carbons (Fsp3) is 0.895. The predicted octanol–water partition coefficient (Wildman–Crippen LogP) is 2.10. The summed E-state index contributed by atoms with van der Waals surface area (Å²) in [5.41, 5.74) is 0.